The van der Waals surface area contributed by atoms with Gasteiger partial charge in [-0.1, -0.05) is 77.8 Å². The monoisotopic (exact) mass is 440 g/mol. The minimum Gasteiger partial charge on any atom is -0.350 e. The smallest absolute Gasteiger partial charge is 0.247 e. The first-order chi connectivity index (χ1) is 14.4. The molecule has 1 N–H and O–H groups in total. The summed E-state index contributed by atoms with van der Waals surface area (Å²) in [4.78, 5) is 27.3. The quantitative estimate of drug-likeness (QED) is 0.534. The second-order valence-corrected chi connectivity index (χ2v) is 7.80. The van der Waals surface area contributed by atoms with Gasteiger partial charge in [-0.3, -0.25) is 9.59 Å². The zero-order valence-corrected chi connectivity index (χ0v) is 18.0. The van der Waals surface area contributed by atoms with Gasteiger partial charge in [-0.15, -0.1) is 0 Å². The third-order valence-corrected chi connectivity index (χ3v) is 5.23. The molecule has 0 unspecified atom stereocenters. The highest BCUT2D eigenvalue weighted by Gasteiger charge is 2.29. The van der Waals surface area contributed by atoms with Crippen LogP contribution in [0.25, 0.3) is 0 Å². The summed E-state index contributed by atoms with van der Waals surface area (Å²) in [6.07, 6.45) is 0. The lowest BCUT2D eigenvalue weighted by atomic mass is 10.0. The molecule has 3 aromatic carbocycles. The standard InChI is InChI=1S/C24H22Cl2N2O2/c1-17(29)28(16-19-9-13-22(26)14-10-19)23(20-5-3-2-4-6-20)24(30)27-15-18-7-11-21(25)12-8-18/h2-14,23H,15-16H2,1H3,(H,27,30)/t23-/m1/s1. The second kappa shape index (κ2) is 10.3. The van der Waals surface area contributed by atoms with Crippen LogP contribution in [-0.4, -0.2) is 16.7 Å². The highest BCUT2D eigenvalue weighted by molar-refractivity contribution is 6.30. The van der Waals surface area contributed by atoms with Crippen LogP contribution >= 0.6 is 23.2 Å². The van der Waals surface area contributed by atoms with Crippen molar-refractivity contribution in [1.82, 2.24) is 10.2 Å². The number of halogens is 2. The van der Waals surface area contributed by atoms with Crippen LogP contribution in [0.4, 0.5) is 0 Å². The fourth-order valence-corrected chi connectivity index (χ4v) is 3.42. The summed E-state index contributed by atoms with van der Waals surface area (Å²) in [6, 6.07) is 23.1. The number of hydrogen-bond acceptors (Lipinski definition) is 2. The Kier molecular flexibility index (Phi) is 7.50. The largest absolute Gasteiger partial charge is 0.350 e. The van der Waals surface area contributed by atoms with Crippen molar-refractivity contribution in [3.05, 3.63) is 106 Å². The van der Waals surface area contributed by atoms with E-state index in [0.29, 0.717) is 23.1 Å². The molecule has 154 valence electrons. The lowest BCUT2D eigenvalue weighted by Crippen LogP contribution is -2.42. The number of amides is 2. The normalized spacial score (nSPS) is 11.6. The molecule has 0 radical (unpaired) electrons. The van der Waals surface area contributed by atoms with E-state index in [1.165, 1.54) is 6.92 Å². The van der Waals surface area contributed by atoms with Gasteiger partial charge in [-0.25, -0.2) is 0 Å². The zero-order valence-electron chi connectivity index (χ0n) is 16.5. The van der Waals surface area contributed by atoms with E-state index in [2.05, 4.69) is 5.32 Å². The lowest BCUT2D eigenvalue weighted by Gasteiger charge is -2.30. The van der Waals surface area contributed by atoms with Gasteiger partial charge >= 0.3 is 0 Å². The Hall–Kier alpha value is -2.82. The van der Waals surface area contributed by atoms with Crippen molar-refractivity contribution in [2.45, 2.75) is 26.1 Å². The minimum atomic E-state index is -0.758. The zero-order chi connectivity index (χ0) is 21.5. The van der Waals surface area contributed by atoms with Crippen LogP contribution in [0, 0.1) is 0 Å². The van der Waals surface area contributed by atoms with E-state index in [0.717, 1.165) is 16.7 Å². The summed E-state index contributed by atoms with van der Waals surface area (Å²) in [7, 11) is 0. The fourth-order valence-electron chi connectivity index (χ4n) is 3.17. The molecule has 0 saturated carbocycles. The molecule has 4 nitrogen and oxygen atoms in total. The summed E-state index contributed by atoms with van der Waals surface area (Å²) < 4.78 is 0. The Labute approximate surface area is 186 Å². The van der Waals surface area contributed by atoms with Gasteiger partial charge < -0.3 is 10.2 Å². The topological polar surface area (TPSA) is 49.4 Å². The Morgan fingerprint density at radius 1 is 0.833 bits per heavy atom. The van der Waals surface area contributed by atoms with E-state index in [1.54, 1.807) is 29.2 Å². The summed E-state index contributed by atoms with van der Waals surface area (Å²) >= 11 is 11.9. The third-order valence-electron chi connectivity index (χ3n) is 4.73. The van der Waals surface area contributed by atoms with Crippen molar-refractivity contribution < 1.29 is 9.59 Å². The molecule has 6 heteroatoms. The molecule has 3 rings (SSSR count). The van der Waals surface area contributed by atoms with Gasteiger partial charge in [0.15, 0.2) is 0 Å². The SMILES string of the molecule is CC(=O)N(Cc1ccc(Cl)cc1)[C@@H](C(=O)NCc1ccc(Cl)cc1)c1ccccc1. The molecule has 0 fully saturated rings. The lowest BCUT2D eigenvalue weighted by molar-refractivity contribution is -0.140. The summed E-state index contributed by atoms with van der Waals surface area (Å²) in [5.41, 5.74) is 2.56. The van der Waals surface area contributed by atoms with Gasteiger partial charge in [0, 0.05) is 30.1 Å². The first-order valence-electron chi connectivity index (χ1n) is 9.53. The van der Waals surface area contributed by atoms with Crippen LogP contribution in [0.3, 0.4) is 0 Å². The van der Waals surface area contributed by atoms with Gasteiger partial charge in [0.2, 0.25) is 11.8 Å². The maximum absolute atomic E-state index is 13.2. The van der Waals surface area contributed by atoms with Crippen LogP contribution in [0.15, 0.2) is 78.9 Å². The number of carbonyl (C=O) groups is 2. The van der Waals surface area contributed by atoms with Crippen LogP contribution < -0.4 is 5.32 Å². The molecule has 0 bridgehead atoms. The summed E-state index contributed by atoms with van der Waals surface area (Å²) in [6.45, 7) is 2.10. The van der Waals surface area contributed by atoms with Crippen LogP contribution in [0.5, 0.6) is 0 Å². The first kappa shape index (κ1) is 21.9. The Bertz CT molecular complexity index is 990. The van der Waals surface area contributed by atoms with Crippen molar-refractivity contribution in [1.29, 1.82) is 0 Å². The van der Waals surface area contributed by atoms with Gasteiger partial charge in [0.25, 0.3) is 0 Å². The molecule has 3 aromatic rings. The molecule has 0 aromatic heterocycles. The van der Waals surface area contributed by atoms with Gasteiger partial charge in [0.1, 0.15) is 6.04 Å². The average molecular weight is 441 g/mol. The number of nitrogens with one attached hydrogen (secondary N) is 1. The first-order valence-corrected chi connectivity index (χ1v) is 10.3. The highest BCUT2D eigenvalue weighted by Crippen LogP contribution is 2.24. The number of rotatable bonds is 7. The molecule has 0 saturated heterocycles. The van der Waals surface area contributed by atoms with Gasteiger partial charge in [0.05, 0.1) is 0 Å². The van der Waals surface area contributed by atoms with E-state index < -0.39 is 6.04 Å². The van der Waals surface area contributed by atoms with E-state index in [-0.39, 0.29) is 11.8 Å². The van der Waals surface area contributed by atoms with E-state index in [9.17, 15) is 9.59 Å². The highest BCUT2D eigenvalue weighted by atomic mass is 35.5. The van der Waals surface area contributed by atoms with Crippen molar-refractivity contribution in [3.63, 3.8) is 0 Å². The number of benzene rings is 3. The Morgan fingerprint density at radius 3 is 1.90 bits per heavy atom. The number of carbonyl (C=O) groups excluding carboxylic acids is 2. The molecule has 0 aliphatic carbocycles. The minimum absolute atomic E-state index is 0.194. The molecular formula is C24H22Cl2N2O2. The number of nitrogens with zero attached hydrogens (tertiary/aromatic N) is 1. The van der Waals surface area contributed by atoms with Crippen LogP contribution in [0.1, 0.15) is 29.7 Å². The predicted octanol–water partition coefficient (Wildman–Crippen LogP) is 5.40. The van der Waals surface area contributed by atoms with Crippen molar-refractivity contribution >= 4 is 35.0 Å². The van der Waals surface area contributed by atoms with Crippen molar-refractivity contribution in [3.8, 4) is 0 Å². The molecule has 0 spiro atoms. The molecular weight excluding hydrogens is 419 g/mol. The molecule has 0 aliphatic rings. The van der Waals surface area contributed by atoms with Gasteiger partial charge in [-0.05, 0) is 41.0 Å². The molecule has 1 atom stereocenters. The maximum atomic E-state index is 13.2. The summed E-state index contributed by atoms with van der Waals surface area (Å²) in [5.74, 6) is -0.444. The average Bonchev–Trinajstić information content (AvgIpc) is 2.75. The Morgan fingerprint density at radius 2 is 1.37 bits per heavy atom. The number of hydrogen-bond donors (Lipinski definition) is 1. The van der Waals surface area contributed by atoms with E-state index in [4.69, 9.17) is 23.2 Å². The van der Waals surface area contributed by atoms with Crippen LogP contribution in [0.2, 0.25) is 10.0 Å². The predicted molar refractivity (Wildman–Crippen MR) is 120 cm³/mol. The molecule has 0 heterocycles. The summed E-state index contributed by atoms with van der Waals surface area (Å²) in [5, 5.41) is 4.21. The van der Waals surface area contributed by atoms with Crippen molar-refractivity contribution in [2.75, 3.05) is 0 Å². The second-order valence-electron chi connectivity index (χ2n) is 6.93. The van der Waals surface area contributed by atoms with E-state index >= 15 is 0 Å². The Balaban J connectivity index is 1.85. The van der Waals surface area contributed by atoms with Crippen molar-refractivity contribution in [2.24, 2.45) is 0 Å². The maximum Gasteiger partial charge on any atom is 0.247 e. The molecule has 30 heavy (non-hydrogen) atoms. The van der Waals surface area contributed by atoms with Crippen LogP contribution in [-0.2, 0) is 22.7 Å². The molecule has 2 amide bonds. The fraction of sp³-hybridized carbons (Fsp3) is 0.167. The molecule has 0 aliphatic heterocycles. The van der Waals surface area contributed by atoms with E-state index in [1.807, 2.05) is 54.6 Å². The third kappa shape index (κ3) is 5.85. The van der Waals surface area contributed by atoms with Gasteiger partial charge in [-0.2, -0.15) is 0 Å².